The third-order valence-corrected chi connectivity index (χ3v) is 4.68. The molecule has 1 aliphatic heterocycles. The molecule has 136 valence electrons. The van der Waals surface area contributed by atoms with E-state index in [1.165, 1.54) is 5.56 Å². The number of hydrogen-bond acceptors (Lipinski definition) is 3. The van der Waals surface area contributed by atoms with Crippen molar-refractivity contribution in [3.63, 3.8) is 0 Å². The van der Waals surface area contributed by atoms with E-state index < -0.39 is 0 Å². The van der Waals surface area contributed by atoms with Gasteiger partial charge in [-0.15, -0.1) is 0 Å². The Kier molecular flexibility index (Phi) is 5.31. The fourth-order valence-corrected chi connectivity index (χ4v) is 3.51. The first kappa shape index (κ1) is 18.1. The minimum absolute atomic E-state index is 0.0410. The molecule has 0 spiro atoms. The summed E-state index contributed by atoms with van der Waals surface area (Å²) in [5.41, 5.74) is 4.38. The van der Waals surface area contributed by atoms with Gasteiger partial charge in [-0.2, -0.15) is 0 Å². The van der Waals surface area contributed by atoms with Crippen LogP contribution in [0, 0.1) is 0 Å². The lowest BCUT2D eigenvalue weighted by Gasteiger charge is -2.37. The molecular weight excluding hydrogens is 326 g/mol. The largest absolute Gasteiger partial charge is 0.493 e. The standard InChI is InChI=1S/C22H25NO3/c1-15(2)12-21(24)23-11-10-17-13-19(25-3)20(26-4)14-18(17)22(23)16-8-6-5-7-9-16/h5-9,12-14,22H,10-11H2,1-4H3. The molecule has 1 atom stereocenters. The topological polar surface area (TPSA) is 38.8 Å². The molecule has 0 radical (unpaired) electrons. The number of allylic oxidation sites excluding steroid dienone is 1. The Morgan fingerprint density at radius 1 is 1.08 bits per heavy atom. The number of amides is 1. The Morgan fingerprint density at radius 2 is 1.73 bits per heavy atom. The van der Waals surface area contributed by atoms with E-state index >= 15 is 0 Å². The summed E-state index contributed by atoms with van der Waals surface area (Å²) in [6.07, 6.45) is 2.50. The Hall–Kier alpha value is -2.75. The van der Waals surface area contributed by atoms with Crippen LogP contribution in [0.1, 0.15) is 36.6 Å². The van der Waals surface area contributed by atoms with Gasteiger partial charge in [0.05, 0.1) is 20.3 Å². The molecule has 4 heteroatoms. The molecule has 1 unspecified atom stereocenters. The summed E-state index contributed by atoms with van der Waals surface area (Å²) in [5.74, 6) is 1.45. The normalized spacial score (nSPS) is 15.8. The predicted molar refractivity (Wildman–Crippen MR) is 103 cm³/mol. The van der Waals surface area contributed by atoms with Gasteiger partial charge in [0.15, 0.2) is 11.5 Å². The van der Waals surface area contributed by atoms with Crippen molar-refractivity contribution < 1.29 is 14.3 Å². The van der Waals surface area contributed by atoms with Crippen molar-refractivity contribution in [1.29, 1.82) is 0 Å². The first-order valence-corrected chi connectivity index (χ1v) is 8.80. The Balaban J connectivity index is 2.15. The molecule has 26 heavy (non-hydrogen) atoms. The van der Waals surface area contributed by atoms with Gasteiger partial charge in [-0.25, -0.2) is 0 Å². The number of nitrogens with zero attached hydrogens (tertiary/aromatic N) is 1. The minimum atomic E-state index is -0.136. The molecular formula is C22H25NO3. The number of carbonyl (C=O) groups excluding carboxylic acids is 1. The monoisotopic (exact) mass is 351 g/mol. The third-order valence-electron chi connectivity index (χ3n) is 4.68. The van der Waals surface area contributed by atoms with E-state index in [1.54, 1.807) is 20.3 Å². The lowest BCUT2D eigenvalue weighted by molar-refractivity contribution is -0.128. The maximum atomic E-state index is 12.9. The summed E-state index contributed by atoms with van der Waals surface area (Å²) in [6.45, 7) is 4.56. The molecule has 1 aliphatic rings. The van der Waals surface area contributed by atoms with E-state index in [-0.39, 0.29) is 11.9 Å². The van der Waals surface area contributed by atoms with Crippen molar-refractivity contribution in [1.82, 2.24) is 4.90 Å². The number of benzene rings is 2. The number of ether oxygens (including phenoxy) is 2. The van der Waals surface area contributed by atoms with Crippen molar-refractivity contribution in [2.75, 3.05) is 20.8 Å². The van der Waals surface area contributed by atoms with Gasteiger partial charge in [0.1, 0.15) is 0 Å². The number of rotatable bonds is 4. The highest BCUT2D eigenvalue weighted by atomic mass is 16.5. The van der Waals surface area contributed by atoms with Crippen LogP contribution in [0.3, 0.4) is 0 Å². The molecule has 0 aliphatic carbocycles. The van der Waals surface area contributed by atoms with Crippen LogP contribution >= 0.6 is 0 Å². The first-order valence-electron chi connectivity index (χ1n) is 8.80. The molecule has 4 nitrogen and oxygen atoms in total. The fraction of sp³-hybridized carbons (Fsp3) is 0.318. The third kappa shape index (κ3) is 3.45. The second-order valence-electron chi connectivity index (χ2n) is 6.72. The zero-order chi connectivity index (χ0) is 18.7. The van der Waals surface area contributed by atoms with Gasteiger partial charge in [-0.3, -0.25) is 4.79 Å². The zero-order valence-electron chi connectivity index (χ0n) is 15.8. The van der Waals surface area contributed by atoms with Crippen LogP contribution in [0.2, 0.25) is 0 Å². The molecule has 2 aromatic carbocycles. The first-order chi connectivity index (χ1) is 12.5. The van der Waals surface area contributed by atoms with Gasteiger partial charge in [-0.1, -0.05) is 35.9 Å². The Bertz CT molecular complexity index is 823. The van der Waals surface area contributed by atoms with Crippen molar-refractivity contribution in [3.8, 4) is 11.5 Å². The van der Waals surface area contributed by atoms with Crippen LogP contribution < -0.4 is 9.47 Å². The van der Waals surface area contributed by atoms with Crippen molar-refractivity contribution in [3.05, 3.63) is 70.8 Å². The van der Waals surface area contributed by atoms with E-state index in [1.807, 2.05) is 49.1 Å². The molecule has 0 saturated heterocycles. The number of fused-ring (bicyclic) bond motifs is 1. The molecule has 0 bridgehead atoms. The SMILES string of the molecule is COc1cc2c(cc1OC)C(c1ccccc1)N(C(=O)C=C(C)C)CC2. The molecule has 0 saturated carbocycles. The summed E-state index contributed by atoms with van der Waals surface area (Å²) in [7, 11) is 3.28. The van der Waals surface area contributed by atoms with Gasteiger partial charge >= 0.3 is 0 Å². The van der Waals surface area contributed by atoms with E-state index in [0.717, 1.165) is 28.9 Å². The number of carbonyl (C=O) groups is 1. The molecule has 0 N–H and O–H groups in total. The minimum Gasteiger partial charge on any atom is -0.493 e. The van der Waals surface area contributed by atoms with Gasteiger partial charge in [0, 0.05) is 12.6 Å². The van der Waals surface area contributed by atoms with Crippen molar-refractivity contribution in [2.45, 2.75) is 26.3 Å². The van der Waals surface area contributed by atoms with Crippen LogP contribution in [-0.4, -0.2) is 31.6 Å². The summed E-state index contributed by atoms with van der Waals surface area (Å²) >= 11 is 0. The predicted octanol–water partition coefficient (Wildman–Crippen LogP) is 4.14. The van der Waals surface area contributed by atoms with E-state index in [9.17, 15) is 4.79 Å². The van der Waals surface area contributed by atoms with Crippen molar-refractivity contribution >= 4 is 5.91 Å². The lowest BCUT2D eigenvalue weighted by Crippen LogP contribution is -2.39. The maximum Gasteiger partial charge on any atom is 0.247 e. The highest BCUT2D eigenvalue weighted by Crippen LogP contribution is 2.41. The maximum absolute atomic E-state index is 12.9. The highest BCUT2D eigenvalue weighted by molar-refractivity contribution is 5.89. The molecule has 1 heterocycles. The second kappa shape index (κ2) is 7.65. The van der Waals surface area contributed by atoms with Gasteiger partial charge < -0.3 is 14.4 Å². The summed E-state index contributed by atoms with van der Waals surface area (Å²) in [6, 6.07) is 14.0. The van der Waals surface area contributed by atoms with Gasteiger partial charge in [-0.05, 0) is 49.1 Å². The second-order valence-corrected chi connectivity index (χ2v) is 6.72. The Morgan fingerprint density at radius 3 is 2.35 bits per heavy atom. The van der Waals surface area contributed by atoms with E-state index in [2.05, 4.69) is 12.1 Å². The van der Waals surface area contributed by atoms with Crippen LogP contribution in [0.4, 0.5) is 0 Å². The highest BCUT2D eigenvalue weighted by Gasteiger charge is 2.32. The van der Waals surface area contributed by atoms with Crippen LogP contribution in [0.5, 0.6) is 11.5 Å². The van der Waals surface area contributed by atoms with Crippen LogP contribution in [0.15, 0.2) is 54.1 Å². The zero-order valence-corrected chi connectivity index (χ0v) is 15.8. The smallest absolute Gasteiger partial charge is 0.247 e. The van der Waals surface area contributed by atoms with Crippen LogP contribution in [-0.2, 0) is 11.2 Å². The quantitative estimate of drug-likeness (QED) is 0.777. The summed E-state index contributed by atoms with van der Waals surface area (Å²) < 4.78 is 11.0. The average Bonchev–Trinajstić information content (AvgIpc) is 2.65. The van der Waals surface area contributed by atoms with Crippen LogP contribution in [0.25, 0.3) is 0 Å². The number of methoxy groups -OCH3 is 2. The average molecular weight is 351 g/mol. The van der Waals surface area contributed by atoms with E-state index in [0.29, 0.717) is 12.3 Å². The summed E-state index contributed by atoms with van der Waals surface area (Å²) in [4.78, 5) is 14.8. The van der Waals surface area contributed by atoms with E-state index in [4.69, 9.17) is 9.47 Å². The molecule has 3 rings (SSSR count). The van der Waals surface area contributed by atoms with Gasteiger partial charge in [0.25, 0.3) is 0 Å². The molecule has 1 amide bonds. The van der Waals surface area contributed by atoms with Gasteiger partial charge in [0.2, 0.25) is 5.91 Å². The summed E-state index contributed by atoms with van der Waals surface area (Å²) in [5, 5.41) is 0. The lowest BCUT2D eigenvalue weighted by atomic mass is 9.87. The molecule has 2 aromatic rings. The van der Waals surface area contributed by atoms with Crippen molar-refractivity contribution in [2.24, 2.45) is 0 Å². The number of hydrogen-bond donors (Lipinski definition) is 0. The Labute approximate surface area is 155 Å². The molecule has 0 fully saturated rings. The fourth-order valence-electron chi connectivity index (χ4n) is 3.51. The molecule has 0 aromatic heterocycles.